The first-order valence-electron chi connectivity index (χ1n) is 10.5. The highest BCUT2D eigenvalue weighted by Gasteiger charge is 2.15. The molecular formula is C22H35N4O2S+. The van der Waals surface area contributed by atoms with Crippen LogP contribution in [0.25, 0.3) is 10.9 Å². The molecule has 3 N–H and O–H groups in total. The molecule has 0 saturated heterocycles. The number of nitrogens with one attached hydrogen (secondary N) is 3. The van der Waals surface area contributed by atoms with Gasteiger partial charge in [-0.15, -0.1) is 0 Å². The van der Waals surface area contributed by atoms with Gasteiger partial charge in [0.2, 0.25) is 0 Å². The van der Waals surface area contributed by atoms with Crippen molar-refractivity contribution in [3.63, 3.8) is 0 Å². The number of hydrogen-bond donors (Lipinski definition) is 3. The Bertz CT molecular complexity index is 848. The maximum atomic E-state index is 12.7. The van der Waals surface area contributed by atoms with Crippen LogP contribution in [0, 0.1) is 6.92 Å². The second-order valence-corrected chi connectivity index (χ2v) is 7.81. The Morgan fingerprint density at radius 2 is 2.03 bits per heavy atom. The zero-order valence-corrected chi connectivity index (χ0v) is 19.0. The molecule has 0 radical (unpaired) electrons. The summed E-state index contributed by atoms with van der Waals surface area (Å²) in [5.41, 5.74) is 2.69. The Morgan fingerprint density at radius 1 is 1.28 bits per heavy atom. The summed E-state index contributed by atoms with van der Waals surface area (Å²) < 4.78 is 5.11. The normalized spacial score (nSPS) is 11.2. The highest BCUT2D eigenvalue weighted by molar-refractivity contribution is 7.80. The molecule has 1 aromatic heterocycles. The monoisotopic (exact) mass is 419 g/mol. The molecule has 160 valence electrons. The van der Waals surface area contributed by atoms with E-state index in [0.29, 0.717) is 18.3 Å². The fourth-order valence-electron chi connectivity index (χ4n) is 3.36. The minimum atomic E-state index is -0.0505. The SMILES string of the molecule is CC[NH+](CC)CCN(Cc1cc2ccc(C)cc2[nH]c1=O)C(=S)NCCCOC. The van der Waals surface area contributed by atoms with Crippen molar-refractivity contribution in [3.05, 3.63) is 45.7 Å². The van der Waals surface area contributed by atoms with Crippen molar-refractivity contribution in [2.45, 2.75) is 33.7 Å². The van der Waals surface area contributed by atoms with Gasteiger partial charge in [0.05, 0.1) is 32.7 Å². The molecule has 0 fully saturated rings. The summed E-state index contributed by atoms with van der Waals surface area (Å²) in [5, 5.41) is 5.05. The van der Waals surface area contributed by atoms with Crippen LogP contribution in [0.3, 0.4) is 0 Å². The molecule has 0 atom stereocenters. The first kappa shape index (κ1) is 23.3. The van der Waals surface area contributed by atoms with E-state index in [1.54, 1.807) is 7.11 Å². The molecule has 2 rings (SSSR count). The summed E-state index contributed by atoms with van der Waals surface area (Å²) in [5.74, 6) is 0. The highest BCUT2D eigenvalue weighted by atomic mass is 32.1. The lowest BCUT2D eigenvalue weighted by Crippen LogP contribution is -3.12. The molecule has 0 aliphatic rings. The number of aromatic amines is 1. The van der Waals surface area contributed by atoms with Crippen molar-refractivity contribution in [1.82, 2.24) is 15.2 Å². The zero-order valence-electron chi connectivity index (χ0n) is 18.1. The predicted molar refractivity (Wildman–Crippen MR) is 124 cm³/mol. The van der Waals surface area contributed by atoms with Gasteiger partial charge in [-0.2, -0.15) is 0 Å². The average molecular weight is 420 g/mol. The van der Waals surface area contributed by atoms with E-state index in [2.05, 4.69) is 41.2 Å². The van der Waals surface area contributed by atoms with Crippen molar-refractivity contribution in [2.75, 3.05) is 46.4 Å². The van der Waals surface area contributed by atoms with Crippen molar-refractivity contribution < 1.29 is 9.64 Å². The van der Waals surface area contributed by atoms with Gasteiger partial charge < -0.3 is 24.8 Å². The maximum absolute atomic E-state index is 12.7. The summed E-state index contributed by atoms with van der Waals surface area (Å²) in [6, 6.07) is 8.10. The van der Waals surface area contributed by atoms with Gasteiger partial charge in [-0.25, -0.2) is 0 Å². The van der Waals surface area contributed by atoms with E-state index >= 15 is 0 Å². The van der Waals surface area contributed by atoms with Gasteiger partial charge in [-0.3, -0.25) is 4.79 Å². The Morgan fingerprint density at radius 3 is 2.72 bits per heavy atom. The van der Waals surface area contributed by atoms with Gasteiger partial charge in [0.15, 0.2) is 5.11 Å². The number of fused-ring (bicyclic) bond motifs is 1. The van der Waals surface area contributed by atoms with Crippen molar-refractivity contribution in [3.8, 4) is 0 Å². The van der Waals surface area contributed by atoms with E-state index in [0.717, 1.165) is 61.2 Å². The van der Waals surface area contributed by atoms with Crippen LogP contribution in [0.2, 0.25) is 0 Å². The number of quaternary nitrogens is 1. The fraction of sp³-hybridized carbons (Fsp3) is 0.545. The van der Waals surface area contributed by atoms with Crippen LogP contribution in [0.15, 0.2) is 29.1 Å². The number of nitrogens with zero attached hydrogens (tertiary/aromatic N) is 1. The number of hydrogen-bond acceptors (Lipinski definition) is 3. The molecule has 0 spiro atoms. The minimum absolute atomic E-state index is 0.0505. The number of aromatic nitrogens is 1. The lowest BCUT2D eigenvalue weighted by Gasteiger charge is -2.27. The molecular weight excluding hydrogens is 384 g/mol. The lowest BCUT2D eigenvalue weighted by atomic mass is 10.1. The third-order valence-electron chi connectivity index (χ3n) is 5.26. The molecule has 1 heterocycles. The maximum Gasteiger partial charge on any atom is 0.253 e. The number of H-pyrrole nitrogens is 1. The van der Waals surface area contributed by atoms with Crippen LogP contribution < -0.4 is 15.8 Å². The molecule has 0 amide bonds. The molecule has 0 bridgehead atoms. The number of benzene rings is 1. The largest absolute Gasteiger partial charge is 0.385 e. The van der Waals surface area contributed by atoms with Gasteiger partial charge in [-0.1, -0.05) is 12.1 Å². The predicted octanol–water partition coefficient (Wildman–Crippen LogP) is 1.47. The third-order valence-corrected chi connectivity index (χ3v) is 5.67. The first-order valence-corrected chi connectivity index (χ1v) is 10.9. The average Bonchev–Trinajstić information content (AvgIpc) is 2.71. The fourth-order valence-corrected chi connectivity index (χ4v) is 3.61. The number of pyridine rings is 1. The van der Waals surface area contributed by atoms with Crippen molar-refractivity contribution in [2.24, 2.45) is 0 Å². The smallest absolute Gasteiger partial charge is 0.253 e. The second kappa shape index (κ2) is 11.9. The van der Waals surface area contributed by atoms with Gasteiger partial charge in [0.25, 0.3) is 5.56 Å². The summed E-state index contributed by atoms with van der Waals surface area (Å²) in [7, 11) is 1.70. The van der Waals surface area contributed by atoms with Crippen molar-refractivity contribution >= 4 is 28.2 Å². The molecule has 29 heavy (non-hydrogen) atoms. The number of methoxy groups -OCH3 is 1. The third kappa shape index (κ3) is 7.10. The molecule has 7 heteroatoms. The van der Waals surface area contributed by atoms with Gasteiger partial charge in [0.1, 0.15) is 0 Å². The van der Waals surface area contributed by atoms with Crippen LogP contribution in [0.5, 0.6) is 0 Å². The molecule has 0 unspecified atom stereocenters. The van der Waals surface area contributed by atoms with Gasteiger partial charge in [0, 0.05) is 31.3 Å². The molecule has 6 nitrogen and oxygen atoms in total. The summed E-state index contributed by atoms with van der Waals surface area (Å²) in [6.45, 7) is 12.3. The topological polar surface area (TPSA) is 61.8 Å². The molecule has 0 aliphatic heterocycles. The summed E-state index contributed by atoms with van der Waals surface area (Å²) in [6.07, 6.45) is 0.891. The van der Waals surface area contributed by atoms with Gasteiger partial charge >= 0.3 is 0 Å². The van der Waals surface area contributed by atoms with Crippen LogP contribution in [-0.4, -0.2) is 61.4 Å². The van der Waals surface area contributed by atoms with Crippen LogP contribution in [0.4, 0.5) is 0 Å². The molecule has 2 aromatic rings. The van der Waals surface area contributed by atoms with Crippen molar-refractivity contribution in [1.29, 1.82) is 0 Å². The first-order chi connectivity index (χ1) is 14.0. The van der Waals surface area contributed by atoms with Crippen LogP contribution in [0.1, 0.15) is 31.4 Å². The van der Waals surface area contributed by atoms with Crippen LogP contribution >= 0.6 is 12.2 Å². The Labute approximate surface area is 179 Å². The quantitative estimate of drug-likeness (QED) is 0.380. The van der Waals surface area contributed by atoms with E-state index in [-0.39, 0.29) is 5.56 Å². The molecule has 0 aliphatic carbocycles. The number of ether oxygens (including phenoxy) is 1. The van der Waals surface area contributed by atoms with E-state index in [1.807, 2.05) is 19.1 Å². The number of thiocarbonyl (C=S) groups is 1. The Kier molecular flexibility index (Phi) is 9.57. The highest BCUT2D eigenvalue weighted by Crippen LogP contribution is 2.14. The Balaban J connectivity index is 2.17. The number of aryl methyl sites for hydroxylation is 1. The second-order valence-electron chi connectivity index (χ2n) is 7.42. The Hall–Kier alpha value is -1.96. The molecule has 0 saturated carbocycles. The zero-order chi connectivity index (χ0) is 21.2. The molecule has 1 aromatic carbocycles. The summed E-state index contributed by atoms with van der Waals surface area (Å²) in [4.78, 5) is 19.3. The number of likely N-dealkylation sites (N-methyl/N-ethyl adjacent to an activating group) is 1. The summed E-state index contributed by atoms with van der Waals surface area (Å²) >= 11 is 5.66. The van der Waals surface area contributed by atoms with E-state index < -0.39 is 0 Å². The lowest BCUT2D eigenvalue weighted by molar-refractivity contribution is -0.895. The van der Waals surface area contributed by atoms with Gasteiger partial charge in [-0.05, 0) is 62.5 Å². The van der Waals surface area contributed by atoms with E-state index in [1.165, 1.54) is 4.90 Å². The number of rotatable bonds is 11. The van der Waals surface area contributed by atoms with E-state index in [9.17, 15) is 4.79 Å². The minimum Gasteiger partial charge on any atom is -0.385 e. The van der Waals surface area contributed by atoms with Crippen LogP contribution in [-0.2, 0) is 11.3 Å². The standard InChI is InChI=1S/C22H34N4O2S/c1-5-25(6-2)11-12-26(22(29)23-10-7-13-28-4)16-19-15-18-9-8-17(3)14-20(18)24-21(19)27/h8-9,14-15H,5-7,10-13,16H2,1-4H3,(H,23,29)(H,24,27)/p+1. The van der Waals surface area contributed by atoms with E-state index in [4.69, 9.17) is 17.0 Å².